The maximum atomic E-state index is 5.66. The molecule has 98 valence electrons. The van der Waals surface area contributed by atoms with Crippen molar-refractivity contribution in [1.82, 2.24) is 19.7 Å². The maximum Gasteiger partial charge on any atom is 0.191 e. The highest BCUT2D eigenvalue weighted by Gasteiger charge is 2.13. The van der Waals surface area contributed by atoms with Gasteiger partial charge in [0.15, 0.2) is 5.16 Å². The van der Waals surface area contributed by atoms with Crippen molar-refractivity contribution in [3.05, 3.63) is 5.82 Å². The summed E-state index contributed by atoms with van der Waals surface area (Å²) in [6.07, 6.45) is 1.15. The molecule has 2 N–H and O–H groups in total. The van der Waals surface area contributed by atoms with E-state index in [1.807, 2.05) is 0 Å². The summed E-state index contributed by atoms with van der Waals surface area (Å²) in [5.41, 5.74) is 5.66. The summed E-state index contributed by atoms with van der Waals surface area (Å²) in [5, 5.41) is 9.32. The van der Waals surface area contributed by atoms with Gasteiger partial charge in [-0.1, -0.05) is 11.8 Å². The maximum absolute atomic E-state index is 5.66. The van der Waals surface area contributed by atoms with Gasteiger partial charge in [0, 0.05) is 11.8 Å². The number of nitrogens with zero attached hydrogens (tertiary/aromatic N) is 4. The summed E-state index contributed by atoms with van der Waals surface area (Å²) in [5.74, 6) is 1.93. The zero-order valence-corrected chi connectivity index (χ0v) is 12.0. The van der Waals surface area contributed by atoms with Gasteiger partial charge in [0.2, 0.25) is 0 Å². The number of nitrogens with two attached hydrogens (primary N) is 1. The molecule has 1 aromatic heterocycles. The molecule has 0 aliphatic heterocycles. The summed E-state index contributed by atoms with van der Waals surface area (Å²) in [4.78, 5) is 2.19. The predicted octanol–water partition coefficient (Wildman–Crippen LogP) is 1.36. The van der Waals surface area contributed by atoms with Gasteiger partial charge in [-0.3, -0.25) is 0 Å². The Balaban J connectivity index is 2.55. The zero-order chi connectivity index (χ0) is 12.8. The van der Waals surface area contributed by atoms with Crippen molar-refractivity contribution in [3.63, 3.8) is 0 Å². The quantitative estimate of drug-likeness (QED) is 0.590. The van der Waals surface area contributed by atoms with Crippen LogP contribution in [0.1, 0.15) is 32.1 Å². The molecule has 6 heteroatoms. The minimum Gasteiger partial charge on any atom is -0.324 e. The Hall–Kier alpha value is -0.590. The molecular weight excluding hydrogens is 234 g/mol. The van der Waals surface area contributed by atoms with E-state index in [-0.39, 0.29) is 0 Å². The van der Waals surface area contributed by atoms with Crippen LogP contribution in [-0.4, -0.2) is 46.1 Å². The van der Waals surface area contributed by atoms with Crippen LogP contribution in [0.2, 0.25) is 0 Å². The Morgan fingerprint density at radius 1 is 1.35 bits per heavy atom. The van der Waals surface area contributed by atoms with Gasteiger partial charge >= 0.3 is 0 Å². The Bertz CT molecular complexity index is 335. The summed E-state index contributed by atoms with van der Waals surface area (Å²) >= 11 is 1.76. The monoisotopic (exact) mass is 257 g/mol. The number of thioether (sulfide) groups is 1. The molecule has 0 aliphatic carbocycles. The molecule has 0 atom stereocenters. The molecule has 0 radical (unpaired) electrons. The standard InChI is InChI=1S/C11H23N5S/c1-9(2)16-10(8-12)13-14-11(16)17-7-5-6-15(3)4/h9H,5-8,12H2,1-4H3. The van der Waals surface area contributed by atoms with E-state index in [0.29, 0.717) is 12.6 Å². The van der Waals surface area contributed by atoms with Gasteiger partial charge in [0.1, 0.15) is 5.82 Å². The third-order valence-electron chi connectivity index (χ3n) is 2.41. The molecule has 1 heterocycles. The number of hydrogen-bond acceptors (Lipinski definition) is 5. The summed E-state index contributed by atoms with van der Waals surface area (Å²) in [7, 11) is 4.18. The number of hydrogen-bond donors (Lipinski definition) is 1. The van der Waals surface area contributed by atoms with Gasteiger partial charge in [0.05, 0.1) is 6.54 Å². The second kappa shape index (κ2) is 6.98. The van der Waals surface area contributed by atoms with Crippen molar-refractivity contribution in [2.24, 2.45) is 5.73 Å². The lowest BCUT2D eigenvalue weighted by molar-refractivity contribution is 0.410. The fourth-order valence-corrected chi connectivity index (χ4v) is 2.62. The first-order chi connectivity index (χ1) is 8.06. The van der Waals surface area contributed by atoms with Crippen molar-refractivity contribution >= 4 is 11.8 Å². The van der Waals surface area contributed by atoms with E-state index < -0.39 is 0 Å². The zero-order valence-electron chi connectivity index (χ0n) is 11.2. The molecule has 1 rings (SSSR count). The van der Waals surface area contributed by atoms with Crippen molar-refractivity contribution in [2.75, 3.05) is 26.4 Å². The molecule has 0 aromatic carbocycles. The minimum atomic E-state index is 0.361. The molecule has 0 spiro atoms. The highest BCUT2D eigenvalue weighted by atomic mass is 32.2. The van der Waals surface area contributed by atoms with Crippen LogP contribution in [-0.2, 0) is 6.54 Å². The number of rotatable bonds is 7. The van der Waals surface area contributed by atoms with Crippen molar-refractivity contribution in [2.45, 2.75) is 38.0 Å². The lowest BCUT2D eigenvalue weighted by atomic mass is 10.4. The van der Waals surface area contributed by atoms with Gasteiger partial charge in [-0.15, -0.1) is 10.2 Å². The average molecular weight is 257 g/mol. The van der Waals surface area contributed by atoms with Crippen molar-refractivity contribution in [3.8, 4) is 0 Å². The average Bonchev–Trinajstić information content (AvgIpc) is 2.67. The molecule has 0 aliphatic rings. The first-order valence-electron chi connectivity index (χ1n) is 5.97. The lowest BCUT2D eigenvalue weighted by Gasteiger charge is -2.13. The molecule has 0 saturated carbocycles. The van der Waals surface area contributed by atoms with E-state index in [0.717, 1.165) is 29.7 Å². The molecule has 0 unspecified atom stereocenters. The molecule has 5 nitrogen and oxygen atoms in total. The summed E-state index contributed by atoms with van der Waals surface area (Å²) in [6.45, 7) is 5.81. The van der Waals surface area contributed by atoms with E-state index >= 15 is 0 Å². The van der Waals surface area contributed by atoms with E-state index in [2.05, 4.69) is 47.6 Å². The topological polar surface area (TPSA) is 60.0 Å². The van der Waals surface area contributed by atoms with Gasteiger partial charge in [-0.2, -0.15) is 0 Å². The van der Waals surface area contributed by atoms with Gasteiger partial charge in [-0.05, 0) is 40.9 Å². The Kier molecular flexibility index (Phi) is 5.94. The molecule has 0 fully saturated rings. The van der Waals surface area contributed by atoms with Crippen LogP contribution in [0, 0.1) is 0 Å². The highest BCUT2D eigenvalue weighted by molar-refractivity contribution is 7.99. The Labute approximate surface area is 108 Å². The molecule has 0 amide bonds. The van der Waals surface area contributed by atoms with E-state index in [9.17, 15) is 0 Å². The third-order valence-corrected chi connectivity index (χ3v) is 3.44. The summed E-state index contributed by atoms with van der Waals surface area (Å²) < 4.78 is 2.13. The summed E-state index contributed by atoms with van der Waals surface area (Å²) in [6, 6.07) is 0.361. The molecule has 1 aromatic rings. The van der Waals surface area contributed by atoms with Crippen LogP contribution >= 0.6 is 11.8 Å². The smallest absolute Gasteiger partial charge is 0.191 e. The van der Waals surface area contributed by atoms with Crippen molar-refractivity contribution < 1.29 is 0 Å². The van der Waals surface area contributed by atoms with Gasteiger partial charge < -0.3 is 15.2 Å². The highest BCUT2D eigenvalue weighted by Crippen LogP contribution is 2.21. The molecule has 0 bridgehead atoms. The van der Waals surface area contributed by atoms with Crippen LogP contribution in [0.25, 0.3) is 0 Å². The largest absolute Gasteiger partial charge is 0.324 e. The van der Waals surface area contributed by atoms with Gasteiger partial charge in [-0.25, -0.2) is 0 Å². The SMILES string of the molecule is CC(C)n1c(CN)nnc1SCCCN(C)C. The van der Waals surface area contributed by atoms with Gasteiger partial charge in [0.25, 0.3) is 0 Å². The van der Waals surface area contributed by atoms with E-state index in [4.69, 9.17) is 5.73 Å². The van der Waals surface area contributed by atoms with Crippen molar-refractivity contribution in [1.29, 1.82) is 0 Å². The Morgan fingerprint density at radius 3 is 2.59 bits per heavy atom. The molecular formula is C11H23N5S. The first kappa shape index (κ1) is 14.5. The Morgan fingerprint density at radius 2 is 2.06 bits per heavy atom. The fourth-order valence-electron chi connectivity index (χ4n) is 1.61. The minimum absolute atomic E-state index is 0.361. The second-order valence-corrected chi connectivity index (χ2v) is 5.63. The van der Waals surface area contributed by atoms with Crippen LogP contribution in [0.5, 0.6) is 0 Å². The predicted molar refractivity (Wildman–Crippen MR) is 72.2 cm³/mol. The molecule has 17 heavy (non-hydrogen) atoms. The lowest BCUT2D eigenvalue weighted by Crippen LogP contribution is -2.14. The van der Waals surface area contributed by atoms with E-state index in [1.54, 1.807) is 11.8 Å². The molecule has 0 saturated heterocycles. The number of aromatic nitrogens is 3. The van der Waals surface area contributed by atoms with Crippen LogP contribution in [0.3, 0.4) is 0 Å². The second-order valence-electron chi connectivity index (χ2n) is 4.57. The van der Waals surface area contributed by atoms with Crippen LogP contribution < -0.4 is 5.73 Å². The van der Waals surface area contributed by atoms with Crippen LogP contribution in [0.15, 0.2) is 5.16 Å². The normalized spacial score (nSPS) is 11.7. The fraction of sp³-hybridized carbons (Fsp3) is 0.818. The first-order valence-corrected chi connectivity index (χ1v) is 6.96. The van der Waals surface area contributed by atoms with Crippen LogP contribution in [0.4, 0.5) is 0 Å². The van der Waals surface area contributed by atoms with E-state index in [1.165, 1.54) is 0 Å². The third kappa shape index (κ3) is 4.29.